The molecule has 32 heavy (non-hydrogen) atoms. The molecular formula is C20H29N5O5S2. The zero-order valence-corrected chi connectivity index (χ0v) is 20.1. The summed E-state index contributed by atoms with van der Waals surface area (Å²) in [5.41, 5.74) is 0.681. The summed E-state index contributed by atoms with van der Waals surface area (Å²) < 4.78 is 37.8. The molecular weight excluding hydrogens is 454 g/mol. The molecule has 1 atom stereocenters. The van der Waals surface area contributed by atoms with Crippen molar-refractivity contribution in [2.45, 2.75) is 30.5 Å². The highest BCUT2D eigenvalue weighted by Gasteiger charge is 2.30. The van der Waals surface area contributed by atoms with E-state index in [0.29, 0.717) is 42.8 Å². The average molecular weight is 484 g/mol. The van der Waals surface area contributed by atoms with Crippen LogP contribution >= 0.6 is 11.8 Å². The summed E-state index contributed by atoms with van der Waals surface area (Å²) in [5.74, 6) is 1.40. The average Bonchev–Trinajstić information content (AvgIpc) is 3.19. The lowest BCUT2D eigenvalue weighted by molar-refractivity contribution is -0.113. The molecule has 0 unspecified atom stereocenters. The quantitative estimate of drug-likeness (QED) is 0.509. The first-order valence-electron chi connectivity index (χ1n) is 10.3. The highest BCUT2D eigenvalue weighted by Crippen LogP contribution is 2.29. The molecule has 1 aromatic carbocycles. The minimum absolute atomic E-state index is 0.0506. The van der Waals surface area contributed by atoms with Gasteiger partial charge in [-0.25, -0.2) is 12.7 Å². The van der Waals surface area contributed by atoms with Crippen molar-refractivity contribution in [2.75, 3.05) is 51.2 Å². The van der Waals surface area contributed by atoms with Crippen molar-refractivity contribution in [3.8, 4) is 5.75 Å². The number of carbonyl (C=O) groups excluding carboxylic acids is 1. The van der Waals surface area contributed by atoms with Crippen molar-refractivity contribution in [1.29, 1.82) is 0 Å². The number of nitrogens with zero attached hydrogens (tertiary/aromatic N) is 4. The number of ether oxygens (including phenoxy) is 2. The lowest BCUT2D eigenvalue weighted by Gasteiger charge is -2.30. The fraction of sp³-hybridized carbons (Fsp3) is 0.550. The normalized spacial score (nSPS) is 17.3. The topological polar surface area (TPSA) is 116 Å². The van der Waals surface area contributed by atoms with E-state index in [2.05, 4.69) is 15.5 Å². The summed E-state index contributed by atoms with van der Waals surface area (Å²) in [6, 6.07) is 7.11. The van der Waals surface area contributed by atoms with Crippen molar-refractivity contribution in [1.82, 2.24) is 19.1 Å². The van der Waals surface area contributed by atoms with Gasteiger partial charge in [-0.1, -0.05) is 11.8 Å². The SMILES string of the molecule is COCCn1c(SCC(=O)Nc2ccc(OC)cc2)nnc1[C@H]1CCCN(S(C)(=O)=O)C1. The second-order valence-electron chi connectivity index (χ2n) is 7.51. The number of nitrogens with one attached hydrogen (secondary N) is 1. The highest BCUT2D eigenvalue weighted by molar-refractivity contribution is 7.99. The molecule has 12 heteroatoms. The monoisotopic (exact) mass is 483 g/mol. The maximum Gasteiger partial charge on any atom is 0.234 e. The Hall–Kier alpha value is -2.15. The van der Waals surface area contributed by atoms with Crippen molar-refractivity contribution >= 4 is 33.4 Å². The van der Waals surface area contributed by atoms with Gasteiger partial charge in [0, 0.05) is 38.3 Å². The molecule has 3 rings (SSSR count). The summed E-state index contributed by atoms with van der Waals surface area (Å²) in [7, 11) is -0.0566. The largest absolute Gasteiger partial charge is 0.497 e. The maximum absolute atomic E-state index is 12.4. The Morgan fingerprint density at radius 1 is 1.25 bits per heavy atom. The number of rotatable bonds is 10. The van der Waals surface area contributed by atoms with Crippen LogP contribution in [0.25, 0.3) is 0 Å². The third-order valence-corrected chi connectivity index (χ3v) is 7.43. The number of sulfonamides is 1. The van der Waals surface area contributed by atoms with Crippen molar-refractivity contribution in [3.05, 3.63) is 30.1 Å². The van der Waals surface area contributed by atoms with Crippen LogP contribution in [0.15, 0.2) is 29.4 Å². The molecule has 176 valence electrons. The van der Waals surface area contributed by atoms with Gasteiger partial charge in [-0.3, -0.25) is 4.79 Å². The molecule has 1 fully saturated rings. The molecule has 1 aliphatic rings. The molecule has 1 N–H and O–H groups in total. The Kier molecular flexibility index (Phi) is 8.51. The van der Waals surface area contributed by atoms with Crippen LogP contribution in [0.1, 0.15) is 24.6 Å². The molecule has 2 heterocycles. The number of piperidine rings is 1. The molecule has 0 aliphatic carbocycles. The van der Waals surface area contributed by atoms with Crippen LogP contribution in [-0.2, 0) is 26.1 Å². The zero-order chi connectivity index (χ0) is 23.1. The van der Waals surface area contributed by atoms with Crippen LogP contribution in [0.3, 0.4) is 0 Å². The zero-order valence-electron chi connectivity index (χ0n) is 18.5. The third kappa shape index (κ3) is 6.44. The first-order chi connectivity index (χ1) is 15.3. The van der Waals surface area contributed by atoms with Gasteiger partial charge in [-0.05, 0) is 37.1 Å². The molecule has 1 aromatic heterocycles. The van der Waals surface area contributed by atoms with E-state index in [4.69, 9.17) is 9.47 Å². The Morgan fingerprint density at radius 2 is 2.00 bits per heavy atom. The maximum atomic E-state index is 12.4. The second kappa shape index (κ2) is 11.1. The molecule has 0 bridgehead atoms. The number of hydrogen-bond donors (Lipinski definition) is 1. The first-order valence-corrected chi connectivity index (χ1v) is 13.1. The molecule has 0 spiro atoms. The van der Waals surface area contributed by atoms with E-state index < -0.39 is 10.0 Å². The van der Waals surface area contributed by atoms with Gasteiger partial charge in [0.2, 0.25) is 15.9 Å². The van der Waals surface area contributed by atoms with E-state index >= 15 is 0 Å². The summed E-state index contributed by atoms with van der Waals surface area (Å²) in [6.07, 6.45) is 2.83. The Balaban J connectivity index is 1.68. The van der Waals surface area contributed by atoms with Crippen LogP contribution in [0.2, 0.25) is 0 Å². The number of benzene rings is 1. The predicted octanol–water partition coefficient (Wildman–Crippen LogP) is 1.80. The molecule has 2 aromatic rings. The first kappa shape index (κ1) is 24.5. The Bertz CT molecular complexity index is 1010. The fourth-order valence-electron chi connectivity index (χ4n) is 3.56. The molecule has 1 amide bonds. The number of carbonyl (C=O) groups is 1. The van der Waals surface area contributed by atoms with Crippen LogP contribution in [0.4, 0.5) is 5.69 Å². The minimum Gasteiger partial charge on any atom is -0.497 e. The van der Waals surface area contributed by atoms with Crippen LogP contribution < -0.4 is 10.1 Å². The van der Waals surface area contributed by atoms with Crippen LogP contribution in [0.5, 0.6) is 5.75 Å². The van der Waals surface area contributed by atoms with Gasteiger partial charge in [0.25, 0.3) is 0 Å². The van der Waals surface area contributed by atoms with E-state index in [1.54, 1.807) is 38.5 Å². The fourth-order valence-corrected chi connectivity index (χ4v) is 5.24. The van der Waals surface area contributed by atoms with Gasteiger partial charge in [0.1, 0.15) is 11.6 Å². The lowest BCUT2D eigenvalue weighted by Crippen LogP contribution is -2.39. The number of hydrogen-bond acceptors (Lipinski definition) is 8. The molecule has 0 radical (unpaired) electrons. The number of anilines is 1. The van der Waals surface area contributed by atoms with Gasteiger partial charge in [-0.2, -0.15) is 0 Å². The molecule has 1 aliphatic heterocycles. The predicted molar refractivity (Wildman–Crippen MR) is 123 cm³/mol. The Labute approximate surface area is 192 Å². The van der Waals surface area contributed by atoms with Crippen molar-refractivity contribution < 1.29 is 22.7 Å². The van der Waals surface area contributed by atoms with E-state index in [9.17, 15) is 13.2 Å². The molecule has 1 saturated heterocycles. The van der Waals surface area contributed by atoms with Crippen LogP contribution in [0, 0.1) is 0 Å². The van der Waals surface area contributed by atoms with Gasteiger partial charge < -0.3 is 19.4 Å². The number of thioether (sulfide) groups is 1. The summed E-state index contributed by atoms with van der Waals surface area (Å²) in [5, 5.41) is 12.1. The molecule has 10 nitrogen and oxygen atoms in total. The van der Waals surface area contributed by atoms with E-state index in [1.807, 2.05) is 4.57 Å². The minimum atomic E-state index is -3.26. The smallest absolute Gasteiger partial charge is 0.234 e. The second-order valence-corrected chi connectivity index (χ2v) is 10.4. The van der Waals surface area contributed by atoms with Gasteiger partial charge in [0.15, 0.2) is 5.16 Å². The lowest BCUT2D eigenvalue weighted by atomic mass is 9.99. The number of aromatic nitrogens is 3. The van der Waals surface area contributed by atoms with E-state index in [0.717, 1.165) is 18.7 Å². The van der Waals surface area contributed by atoms with E-state index in [1.165, 1.54) is 22.3 Å². The third-order valence-electron chi connectivity index (χ3n) is 5.19. The summed E-state index contributed by atoms with van der Waals surface area (Å²) in [4.78, 5) is 12.4. The molecule has 0 saturated carbocycles. The van der Waals surface area contributed by atoms with E-state index in [-0.39, 0.29) is 17.6 Å². The standard InChI is InChI=1S/C20H29N5O5S2/c1-29-12-11-25-19(15-5-4-10-24(13-15)32(3,27)28)22-23-20(25)31-14-18(26)21-16-6-8-17(30-2)9-7-16/h6-9,15H,4-5,10-14H2,1-3H3,(H,21,26)/t15-/m0/s1. The Morgan fingerprint density at radius 3 is 2.66 bits per heavy atom. The summed E-state index contributed by atoms with van der Waals surface area (Å²) in [6.45, 7) is 1.89. The van der Waals surface area contributed by atoms with Gasteiger partial charge in [0.05, 0.1) is 25.7 Å². The van der Waals surface area contributed by atoms with Gasteiger partial charge in [-0.15, -0.1) is 10.2 Å². The van der Waals surface area contributed by atoms with Gasteiger partial charge >= 0.3 is 0 Å². The highest BCUT2D eigenvalue weighted by atomic mass is 32.2. The summed E-state index contributed by atoms with van der Waals surface area (Å²) >= 11 is 1.29. The number of methoxy groups -OCH3 is 2. The van der Waals surface area contributed by atoms with Crippen molar-refractivity contribution in [3.63, 3.8) is 0 Å². The van der Waals surface area contributed by atoms with Crippen LogP contribution in [-0.4, -0.2) is 79.3 Å². The van der Waals surface area contributed by atoms with Crippen molar-refractivity contribution in [2.24, 2.45) is 0 Å². The number of amides is 1.